The molecular formula is C16H14ClN5O2S. The summed E-state index contributed by atoms with van der Waals surface area (Å²) in [6, 6.07) is 3.72. The number of aromatic amines is 1. The van der Waals surface area contributed by atoms with Gasteiger partial charge in [-0.3, -0.25) is 5.10 Å². The predicted octanol–water partition coefficient (Wildman–Crippen LogP) is 4.21. The molecule has 3 aromatic heterocycles. The molecule has 3 N–H and O–H groups in total. The van der Waals surface area contributed by atoms with Crippen molar-refractivity contribution < 1.29 is 9.90 Å². The number of carbonyl (C=O) groups is 1. The molecule has 128 valence electrons. The number of carboxylic acids is 1. The Morgan fingerprint density at radius 2 is 2.24 bits per heavy atom. The summed E-state index contributed by atoms with van der Waals surface area (Å²) in [7, 11) is 0. The van der Waals surface area contributed by atoms with Gasteiger partial charge >= 0.3 is 5.97 Å². The van der Waals surface area contributed by atoms with Gasteiger partial charge in [0, 0.05) is 17.7 Å². The minimum atomic E-state index is -0.954. The maximum absolute atomic E-state index is 11.2. The molecule has 0 spiro atoms. The number of H-pyrrole nitrogens is 1. The number of aromatic nitrogens is 4. The summed E-state index contributed by atoms with van der Waals surface area (Å²) in [5, 5.41) is 19.9. The third kappa shape index (κ3) is 3.22. The fourth-order valence-electron chi connectivity index (χ4n) is 2.50. The average Bonchev–Trinajstić information content (AvgIpc) is 3.19. The number of hydrogen-bond donors (Lipinski definition) is 3. The van der Waals surface area contributed by atoms with Crippen LogP contribution < -0.4 is 5.32 Å². The second-order valence-corrected chi connectivity index (χ2v) is 7.39. The quantitative estimate of drug-likeness (QED) is 0.617. The van der Waals surface area contributed by atoms with E-state index in [1.54, 1.807) is 13.0 Å². The largest absolute Gasteiger partial charge is 0.477 e. The molecule has 1 saturated carbocycles. The smallest absolute Gasteiger partial charge is 0.346 e. The van der Waals surface area contributed by atoms with E-state index in [4.69, 9.17) is 11.6 Å². The van der Waals surface area contributed by atoms with E-state index in [0.29, 0.717) is 38.8 Å². The molecule has 0 unspecified atom stereocenters. The van der Waals surface area contributed by atoms with Crippen LogP contribution in [0.4, 0.5) is 11.6 Å². The maximum atomic E-state index is 11.2. The number of nitrogens with zero attached hydrogens (tertiary/aromatic N) is 3. The van der Waals surface area contributed by atoms with Crippen molar-refractivity contribution in [2.75, 3.05) is 5.32 Å². The summed E-state index contributed by atoms with van der Waals surface area (Å²) < 4.78 is 0. The molecule has 25 heavy (non-hydrogen) atoms. The Morgan fingerprint density at radius 3 is 2.92 bits per heavy atom. The van der Waals surface area contributed by atoms with Gasteiger partial charge in [-0.05, 0) is 31.4 Å². The summed E-state index contributed by atoms with van der Waals surface area (Å²) in [5.41, 5.74) is 1.79. The van der Waals surface area contributed by atoms with Gasteiger partial charge in [-0.2, -0.15) is 5.10 Å². The fraction of sp³-hybridized carbons (Fsp3) is 0.250. The van der Waals surface area contributed by atoms with Crippen LogP contribution in [0.2, 0.25) is 5.02 Å². The first-order chi connectivity index (χ1) is 12.0. The molecule has 1 aliphatic carbocycles. The second-order valence-electron chi connectivity index (χ2n) is 5.93. The molecule has 4 rings (SSSR count). The molecule has 0 saturated heterocycles. The molecule has 3 aromatic rings. The molecule has 1 aliphatic rings. The first-order valence-corrected chi connectivity index (χ1v) is 8.89. The van der Waals surface area contributed by atoms with Gasteiger partial charge in [-0.15, -0.1) is 11.3 Å². The van der Waals surface area contributed by atoms with Crippen molar-refractivity contribution in [2.45, 2.75) is 25.7 Å². The third-order valence-electron chi connectivity index (χ3n) is 3.94. The lowest BCUT2D eigenvalue weighted by Crippen LogP contribution is -1.98. The zero-order valence-electron chi connectivity index (χ0n) is 13.2. The zero-order chi connectivity index (χ0) is 17.6. The minimum Gasteiger partial charge on any atom is -0.477 e. The molecule has 1 fully saturated rings. The van der Waals surface area contributed by atoms with Crippen LogP contribution in [0.25, 0.3) is 10.7 Å². The van der Waals surface area contributed by atoms with E-state index in [-0.39, 0.29) is 4.88 Å². The number of carboxylic acid groups (broad SMARTS) is 1. The average molecular weight is 376 g/mol. The number of anilines is 2. The van der Waals surface area contributed by atoms with Gasteiger partial charge in [0.15, 0.2) is 17.5 Å². The van der Waals surface area contributed by atoms with E-state index in [0.717, 1.165) is 17.0 Å². The van der Waals surface area contributed by atoms with Crippen LogP contribution >= 0.6 is 22.9 Å². The predicted molar refractivity (Wildman–Crippen MR) is 95.9 cm³/mol. The highest BCUT2D eigenvalue weighted by Crippen LogP contribution is 2.40. The number of aryl methyl sites for hydroxylation is 1. The van der Waals surface area contributed by atoms with Crippen molar-refractivity contribution in [2.24, 2.45) is 0 Å². The van der Waals surface area contributed by atoms with Crippen molar-refractivity contribution in [3.63, 3.8) is 0 Å². The maximum Gasteiger partial charge on any atom is 0.346 e. The molecular weight excluding hydrogens is 362 g/mol. The SMILES string of the molecule is Cc1cc(-c2ncc(Cl)c(Nc3cc(C4CC4)[nH]n3)n2)sc1C(=O)O. The number of hydrogen-bond acceptors (Lipinski definition) is 6. The first kappa shape index (κ1) is 16.0. The van der Waals surface area contributed by atoms with Crippen LogP contribution in [0, 0.1) is 6.92 Å². The van der Waals surface area contributed by atoms with Gasteiger partial charge in [0.05, 0.1) is 11.1 Å². The van der Waals surface area contributed by atoms with E-state index in [9.17, 15) is 9.90 Å². The summed E-state index contributed by atoms with van der Waals surface area (Å²) in [6.45, 7) is 1.75. The van der Waals surface area contributed by atoms with E-state index in [1.807, 2.05) is 6.07 Å². The van der Waals surface area contributed by atoms with E-state index in [2.05, 4.69) is 25.5 Å². The fourth-order valence-corrected chi connectivity index (χ4v) is 3.59. The van der Waals surface area contributed by atoms with Gasteiger partial charge in [0.2, 0.25) is 0 Å². The van der Waals surface area contributed by atoms with Crippen molar-refractivity contribution in [1.29, 1.82) is 0 Å². The Labute approximate surface area is 152 Å². The summed E-state index contributed by atoms with van der Waals surface area (Å²) in [5.74, 6) is 1.11. The molecule has 0 atom stereocenters. The highest BCUT2D eigenvalue weighted by atomic mass is 35.5. The van der Waals surface area contributed by atoms with Crippen LogP contribution in [0.5, 0.6) is 0 Å². The molecule has 0 amide bonds. The normalized spacial score (nSPS) is 13.8. The zero-order valence-corrected chi connectivity index (χ0v) is 14.8. The Bertz CT molecular complexity index is 963. The molecule has 3 heterocycles. The molecule has 7 nitrogen and oxygen atoms in total. The Hall–Kier alpha value is -2.45. The Kier molecular flexibility index (Phi) is 3.93. The third-order valence-corrected chi connectivity index (χ3v) is 5.44. The first-order valence-electron chi connectivity index (χ1n) is 7.70. The van der Waals surface area contributed by atoms with Gasteiger partial charge in [0.25, 0.3) is 0 Å². The number of aromatic carboxylic acids is 1. The van der Waals surface area contributed by atoms with Gasteiger partial charge < -0.3 is 10.4 Å². The number of nitrogens with one attached hydrogen (secondary N) is 2. The lowest BCUT2D eigenvalue weighted by atomic mass is 10.2. The van der Waals surface area contributed by atoms with Crippen LogP contribution in [-0.4, -0.2) is 31.2 Å². The molecule has 0 bridgehead atoms. The highest BCUT2D eigenvalue weighted by Gasteiger charge is 2.25. The highest BCUT2D eigenvalue weighted by molar-refractivity contribution is 7.17. The van der Waals surface area contributed by atoms with Crippen LogP contribution in [0.15, 0.2) is 18.3 Å². The van der Waals surface area contributed by atoms with Crippen LogP contribution in [0.3, 0.4) is 0 Å². The molecule has 0 aromatic carbocycles. The van der Waals surface area contributed by atoms with Crippen LogP contribution in [-0.2, 0) is 0 Å². The van der Waals surface area contributed by atoms with Crippen LogP contribution in [0.1, 0.15) is 39.7 Å². The van der Waals surface area contributed by atoms with Gasteiger partial charge in [-0.25, -0.2) is 14.8 Å². The lowest BCUT2D eigenvalue weighted by Gasteiger charge is -2.05. The summed E-state index contributed by atoms with van der Waals surface area (Å²) in [6.07, 6.45) is 3.86. The van der Waals surface area contributed by atoms with Crippen molar-refractivity contribution in [1.82, 2.24) is 20.2 Å². The topological polar surface area (TPSA) is 104 Å². The number of rotatable bonds is 5. The second kappa shape index (κ2) is 6.12. The lowest BCUT2D eigenvalue weighted by molar-refractivity contribution is 0.0701. The Balaban J connectivity index is 1.63. The molecule has 0 aliphatic heterocycles. The van der Waals surface area contributed by atoms with E-state index >= 15 is 0 Å². The monoisotopic (exact) mass is 375 g/mol. The standard InChI is InChI=1S/C16H14ClN5O2S/c1-7-4-11(25-13(7)16(23)24)15-18-6-9(17)14(20-15)19-12-5-10(21-22-12)8-2-3-8/h4-6,8H,2-3H2,1H3,(H,23,24)(H2,18,19,20,21,22). The van der Waals surface area contributed by atoms with Gasteiger partial charge in [0.1, 0.15) is 9.90 Å². The number of halogens is 1. The molecule has 9 heteroatoms. The van der Waals surface area contributed by atoms with Crippen molar-refractivity contribution >= 4 is 40.5 Å². The Morgan fingerprint density at radius 1 is 1.44 bits per heavy atom. The van der Waals surface area contributed by atoms with E-state index < -0.39 is 5.97 Å². The minimum absolute atomic E-state index is 0.282. The molecule has 0 radical (unpaired) electrons. The van der Waals surface area contributed by atoms with Crippen molar-refractivity contribution in [3.05, 3.63) is 39.5 Å². The summed E-state index contributed by atoms with van der Waals surface area (Å²) >= 11 is 7.33. The van der Waals surface area contributed by atoms with E-state index in [1.165, 1.54) is 19.0 Å². The number of thiophene rings is 1. The van der Waals surface area contributed by atoms with Crippen molar-refractivity contribution in [3.8, 4) is 10.7 Å². The van der Waals surface area contributed by atoms with Gasteiger partial charge in [-0.1, -0.05) is 11.6 Å². The summed E-state index contributed by atoms with van der Waals surface area (Å²) in [4.78, 5) is 20.8.